The molecule has 0 saturated carbocycles. The van der Waals surface area contributed by atoms with Crippen LogP contribution in [0.25, 0.3) is 11.3 Å². The summed E-state index contributed by atoms with van der Waals surface area (Å²) in [5.41, 5.74) is 2.10. The van der Waals surface area contributed by atoms with Gasteiger partial charge in [0.05, 0.1) is 6.54 Å². The van der Waals surface area contributed by atoms with E-state index in [1.807, 2.05) is 37.3 Å². The van der Waals surface area contributed by atoms with Crippen LogP contribution in [0.5, 0.6) is 0 Å². The fourth-order valence-corrected chi connectivity index (χ4v) is 1.94. The summed E-state index contributed by atoms with van der Waals surface area (Å²) in [7, 11) is 0. The van der Waals surface area contributed by atoms with Crippen molar-refractivity contribution in [1.29, 1.82) is 0 Å². The number of nitrogens with one attached hydrogen (secondary N) is 1. The molecule has 0 spiro atoms. The highest BCUT2D eigenvalue weighted by molar-refractivity contribution is 6.31. The molecule has 2 aromatic rings. The Balaban J connectivity index is 2.11. The molecule has 0 radical (unpaired) electrons. The Morgan fingerprint density at radius 1 is 1.22 bits per heavy atom. The van der Waals surface area contributed by atoms with Gasteiger partial charge in [0, 0.05) is 10.6 Å². The van der Waals surface area contributed by atoms with Crippen LogP contribution in [0.3, 0.4) is 0 Å². The van der Waals surface area contributed by atoms with Crippen LogP contribution < -0.4 is 5.32 Å². The van der Waals surface area contributed by atoms with Crippen LogP contribution in [0, 0.1) is 6.92 Å². The zero-order chi connectivity index (χ0) is 13.0. The van der Waals surface area contributed by atoms with Crippen LogP contribution in [0.4, 0.5) is 0 Å². The Bertz CT molecular complexity index is 519. The summed E-state index contributed by atoms with van der Waals surface area (Å²) in [6.45, 7) is 5.92. The first kappa shape index (κ1) is 13.2. The molecule has 96 valence electrons. The average molecular weight is 264 g/mol. The predicted octanol–water partition coefficient (Wildman–Crippen LogP) is 4.41. The van der Waals surface area contributed by atoms with Crippen molar-refractivity contribution in [3.8, 4) is 11.3 Å². The second-order valence-corrected chi connectivity index (χ2v) is 4.81. The second kappa shape index (κ2) is 6.07. The van der Waals surface area contributed by atoms with Crippen molar-refractivity contribution in [2.45, 2.75) is 26.8 Å². The zero-order valence-electron chi connectivity index (χ0n) is 10.8. The molecule has 18 heavy (non-hydrogen) atoms. The molecule has 0 amide bonds. The predicted molar refractivity (Wildman–Crippen MR) is 75.9 cm³/mol. The minimum absolute atomic E-state index is 0.771. The van der Waals surface area contributed by atoms with E-state index in [1.54, 1.807) is 0 Å². The zero-order valence-corrected chi connectivity index (χ0v) is 11.6. The van der Waals surface area contributed by atoms with Crippen LogP contribution in [0.2, 0.25) is 5.02 Å². The second-order valence-electron chi connectivity index (χ2n) is 4.41. The molecular weight excluding hydrogens is 246 g/mol. The smallest absolute Gasteiger partial charge is 0.134 e. The molecule has 0 bridgehead atoms. The lowest BCUT2D eigenvalue weighted by Gasteiger charge is -2.02. The first-order valence-corrected chi connectivity index (χ1v) is 6.64. The van der Waals surface area contributed by atoms with Gasteiger partial charge in [-0.1, -0.05) is 30.7 Å². The number of aryl methyl sites for hydroxylation is 1. The fourth-order valence-electron chi connectivity index (χ4n) is 1.76. The standard InChI is InChI=1S/C15H18ClNO/c1-3-8-17-10-13-6-7-15(18-13)12-5-4-11(2)14(16)9-12/h4-7,9,17H,3,8,10H2,1-2H3. The van der Waals surface area contributed by atoms with Crippen LogP contribution in [-0.4, -0.2) is 6.54 Å². The van der Waals surface area contributed by atoms with Gasteiger partial charge in [0.2, 0.25) is 0 Å². The van der Waals surface area contributed by atoms with Gasteiger partial charge < -0.3 is 9.73 Å². The van der Waals surface area contributed by atoms with E-state index in [1.165, 1.54) is 0 Å². The van der Waals surface area contributed by atoms with Crippen molar-refractivity contribution in [3.63, 3.8) is 0 Å². The Hall–Kier alpha value is -1.25. The van der Waals surface area contributed by atoms with Crippen molar-refractivity contribution in [1.82, 2.24) is 5.32 Å². The van der Waals surface area contributed by atoms with Gasteiger partial charge in [-0.05, 0) is 43.7 Å². The lowest BCUT2D eigenvalue weighted by Crippen LogP contribution is -2.12. The molecule has 2 nitrogen and oxygen atoms in total. The lowest BCUT2D eigenvalue weighted by molar-refractivity contribution is 0.493. The first-order chi connectivity index (χ1) is 8.70. The molecule has 1 heterocycles. The van der Waals surface area contributed by atoms with Crippen molar-refractivity contribution in [2.24, 2.45) is 0 Å². The van der Waals surface area contributed by atoms with E-state index in [0.717, 1.165) is 47.2 Å². The third-order valence-electron chi connectivity index (χ3n) is 2.84. The Morgan fingerprint density at radius 3 is 2.78 bits per heavy atom. The summed E-state index contributed by atoms with van der Waals surface area (Å²) >= 11 is 6.12. The Morgan fingerprint density at radius 2 is 2.06 bits per heavy atom. The summed E-state index contributed by atoms with van der Waals surface area (Å²) < 4.78 is 5.79. The van der Waals surface area contributed by atoms with Crippen molar-refractivity contribution < 1.29 is 4.42 Å². The topological polar surface area (TPSA) is 25.2 Å². The molecule has 0 aliphatic rings. The van der Waals surface area contributed by atoms with Gasteiger partial charge in [-0.25, -0.2) is 0 Å². The van der Waals surface area contributed by atoms with Crippen molar-refractivity contribution >= 4 is 11.6 Å². The maximum absolute atomic E-state index is 6.12. The number of furan rings is 1. The van der Waals surface area contributed by atoms with Crippen LogP contribution in [0.1, 0.15) is 24.7 Å². The van der Waals surface area contributed by atoms with E-state index in [9.17, 15) is 0 Å². The van der Waals surface area contributed by atoms with Gasteiger partial charge in [-0.15, -0.1) is 0 Å². The number of hydrogen-bond donors (Lipinski definition) is 1. The summed E-state index contributed by atoms with van der Waals surface area (Å²) in [5.74, 6) is 1.82. The molecule has 3 heteroatoms. The third-order valence-corrected chi connectivity index (χ3v) is 3.25. The van der Waals surface area contributed by atoms with E-state index < -0.39 is 0 Å². The maximum Gasteiger partial charge on any atom is 0.134 e. The minimum Gasteiger partial charge on any atom is -0.460 e. The fraction of sp³-hybridized carbons (Fsp3) is 0.333. The summed E-state index contributed by atoms with van der Waals surface area (Å²) in [5, 5.41) is 4.09. The average Bonchev–Trinajstić information content (AvgIpc) is 2.82. The van der Waals surface area contributed by atoms with Gasteiger partial charge in [0.1, 0.15) is 11.5 Å². The van der Waals surface area contributed by atoms with Crippen LogP contribution >= 0.6 is 11.6 Å². The highest BCUT2D eigenvalue weighted by atomic mass is 35.5. The molecule has 0 unspecified atom stereocenters. The number of rotatable bonds is 5. The summed E-state index contributed by atoms with van der Waals surface area (Å²) in [6, 6.07) is 9.98. The summed E-state index contributed by atoms with van der Waals surface area (Å²) in [6.07, 6.45) is 1.13. The molecule has 2 rings (SSSR count). The normalized spacial score (nSPS) is 10.8. The Kier molecular flexibility index (Phi) is 4.45. The quantitative estimate of drug-likeness (QED) is 0.809. The molecule has 0 fully saturated rings. The van der Waals surface area contributed by atoms with E-state index in [2.05, 4.69) is 12.2 Å². The van der Waals surface area contributed by atoms with Crippen molar-refractivity contribution in [3.05, 3.63) is 46.7 Å². The minimum atomic E-state index is 0.771. The van der Waals surface area contributed by atoms with E-state index in [4.69, 9.17) is 16.0 Å². The first-order valence-electron chi connectivity index (χ1n) is 6.26. The van der Waals surface area contributed by atoms with Crippen LogP contribution in [-0.2, 0) is 6.54 Å². The summed E-state index contributed by atoms with van der Waals surface area (Å²) in [4.78, 5) is 0. The van der Waals surface area contributed by atoms with Crippen molar-refractivity contribution in [2.75, 3.05) is 6.54 Å². The molecule has 0 aliphatic carbocycles. The molecule has 1 aromatic heterocycles. The van der Waals surface area contributed by atoms with Crippen LogP contribution in [0.15, 0.2) is 34.7 Å². The van der Waals surface area contributed by atoms with Gasteiger partial charge in [0.15, 0.2) is 0 Å². The third kappa shape index (κ3) is 3.15. The number of hydrogen-bond acceptors (Lipinski definition) is 2. The van der Waals surface area contributed by atoms with Gasteiger partial charge >= 0.3 is 0 Å². The largest absolute Gasteiger partial charge is 0.460 e. The monoisotopic (exact) mass is 263 g/mol. The maximum atomic E-state index is 6.12. The van der Waals surface area contributed by atoms with E-state index in [-0.39, 0.29) is 0 Å². The Labute approximate surface area is 113 Å². The number of benzene rings is 1. The highest BCUT2D eigenvalue weighted by Gasteiger charge is 2.06. The molecule has 0 aliphatic heterocycles. The SMILES string of the molecule is CCCNCc1ccc(-c2ccc(C)c(Cl)c2)o1. The van der Waals surface area contributed by atoms with E-state index in [0.29, 0.717) is 0 Å². The molecule has 1 N–H and O–H groups in total. The van der Waals surface area contributed by atoms with E-state index >= 15 is 0 Å². The van der Waals surface area contributed by atoms with Gasteiger partial charge in [0.25, 0.3) is 0 Å². The molecule has 1 aromatic carbocycles. The van der Waals surface area contributed by atoms with Gasteiger partial charge in [-0.3, -0.25) is 0 Å². The number of halogens is 1. The van der Waals surface area contributed by atoms with Gasteiger partial charge in [-0.2, -0.15) is 0 Å². The lowest BCUT2D eigenvalue weighted by atomic mass is 10.1. The highest BCUT2D eigenvalue weighted by Crippen LogP contribution is 2.26. The molecular formula is C15H18ClNO. The molecule has 0 atom stereocenters. The molecule has 0 saturated heterocycles.